The van der Waals surface area contributed by atoms with E-state index in [2.05, 4.69) is 9.97 Å². The Bertz CT molecular complexity index is 645. The number of nitrogens with zero attached hydrogens (tertiary/aromatic N) is 2. The van der Waals surface area contributed by atoms with E-state index in [-0.39, 0.29) is 0 Å². The number of rotatable bonds is 4. The van der Waals surface area contributed by atoms with Gasteiger partial charge in [0.15, 0.2) is 0 Å². The van der Waals surface area contributed by atoms with Crippen molar-refractivity contribution >= 4 is 0 Å². The number of pyridine rings is 2. The van der Waals surface area contributed by atoms with Gasteiger partial charge < -0.3 is 5.11 Å². The monoisotopic (exact) mass is 276 g/mol. The molecule has 3 heteroatoms. The molecule has 3 aromatic rings. The number of hydrogen-bond acceptors (Lipinski definition) is 3. The standard InChI is InChI=1S/C18H16N2O/c21-18(15-6-2-1-3-7-15,16-9-12-19-13-10-16)14-17-8-4-5-11-20-17/h1-13,21H,14H2/t18-/m1/s1. The van der Waals surface area contributed by atoms with E-state index in [1.165, 1.54) is 0 Å². The van der Waals surface area contributed by atoms with Crippen LogP contribution in [0, 0.1) is 0 Å². The van der Waals surface area contributed by atoms with Gasteiger partial charge in [-0.1, -0.05) is 36.4 Å². The van der Waals surface area contributed by atoms with Gasteiger partial charge in [-0.2, -0.15) is 0 Å². The Morgan fingerprint density at radius 3 is 2.10 bits per heavy atom. The van der Waals surface area contributed by atoms with Crippen LogP contribution in [0.1, 0.15) is 16.8 Å². The van der Waals surface area contributed by atoms with Gasteiger partial charge in [0, 0.05) is 30.7 Å². The first-order valence-corrected chi connectivity index (χ1v) is 6.87. The Morgan fingerprint density at radius 2 is 1.43 bits per heavy atom. The highest BCUT2D eigenvalue weighted by Gasteiger charge is 2.32. The van der Waals surface area contributed by atoms with E-state index in [1.807, 2.05) is 60.7 Å². The quantitative estimate of drug-likeness (QED) is 0.797. The van der Waals surface area contributed by atoms with Crippen molar-refractivity contribution in [2.45, 2.75) is 12.0 Å². The third-order valence-corrected chi connectivity index (χ3v) is 3.57. The molecule has 1 aromatic carbocycles. The normalized spacial score (nSPS) is 13.6. The van der Waals surface area contributed by atoms with Gasteiger partial charge in [-0.05, 0) is 35.4 Å². The fourth-order valence-corrected chi connectivity index (χ4v) is 2.48. The molecule has 1 atom stereocenters. The summed E-state index contributed by atoms with van der Waals surface area (Å²) in [6.07, 6.45) is 5.55. The number of aromatic nitrogens is 2. The molecule has 0 saturated heterocycles. The van der Waals surface area contributed by atoms with E-state index in [4.69, 9.17) is 0 Å². The van der Waals surface area contributed by atoms with Crippen LogP contribution in [0.4, 0.5) is 0 Å². The minimum absolute atomic E-state index is 0.419. The van der Waals surface area contributed by atoms with Crippen LogP contribution in [0.25, 0.3) is 0 Å². The summed E-state index contributed by atoms with van der Waals surface area (Å²) in [6, 6.07) is 19.1. The average molecular weight is 276 g/mol. The van der Waals surface area contributed by atoms with Crippen LogP contribution in [0.15, 0.2) is 79.3 Å². The predicted molar refractivity (Wildman–Crippen MR) is 81.6 cm³/mol. The maximum atomic E-state index is 11.3. The first-order chi connectivity index (χ1) is 10.3. The second kappa shape index (κ2) is 5.85. The predicted octanol–water partition coefficient (Wildman–Crippen LogP) is 2.96. The molecule has 0 amide bonds. The number of benzene rings is 1. The van der Waals surface area contributed by atoms with Crippen molar-refractivity contribution in [3.63, 3.8) is 0 Å². The van der Waals surface area contributed by atoms with E-state index >= 15 is 0 Å². The van der Waals surface area contributed by atoms with Crippen LogP contribution in [-0.2, 0) is 12.0 Å². The number of hydrogen-bond donors (Lipinski definition) is 1. The molecular weight excluding hydrogens is 260 g/mol. The molecule has 0 radical (unpaired) electrons. The van der Waals surface area contributed by atoms with E-state index < -0.39 is 5.60 Å². The second-order valence-corrected chi connectivity index (χ2v) is 4.96. The van der Waals surface area contributed by atoms with Crippen molar-refractivity contribution in [3.8, 4) is 0 Å². The summed E-state index contributed by atoms with van der Waals surface area (Å²) in [5.41, 5.74) is 1.40. The van der Waals surface area contributed by atoms with E-state index in [0.29, 0.717) is 6.42 Å². The molecule has 0 aliphatic rings. The smallest absolute Gasteiger partial charge is 0.120 e. The van der Waals surface area contributed by atoms with Gasteiger partial charge in [-0.3, -0.25) is 9.97 Å². The number of aliphatic hydroxyl groups is 1. The minimum atomic E-state index is -1.11. The molecule has 2 heterocycles. The summed E-state index contributed by atoms with van der Waals surface area (Å²) in [4.78, 5) is 8.37. The van der Waals surface area contributed by atoms with Crippen molar-refractivity contribution in [1.29, 1.82) is 0 Å². The van der Waals surface area contributed by atoms with E-state index in [1.54, 1.807) is 18.6 Å². The van der Waals surface area contributed by atoms with Gasteiger partial charge in [0.25, 0.3) is 0 Å². The third-order valence-electron chi connectivity index (χ3n) is 3.57. The Balaban J connectivity index is 2.07. The van der Waals surface area contributed by atoms with E-state index in [0.717, 1.165) is 16.8 Å². The fourth-order valence-electron chi connectivity index (χ4n) is 2.48. The fraction of sp³-hybridized carbons (Fsp3) is 0.111. The molecule has 3 rings (SSSR count). The molecule has 0 aliphatic heterocycles. The van der Waals surface area contributed by atoms with Gasteiger partial charge in [-0.25, -0.2) is 0 Å². The molecule has 3 nitrogen and oxygen atoms in total. The van der Waals surface area contributed by atoms with Crippen molar-refractivity contribution in [3.05, 3.63) is 96.1 Å². The minimum Gasteiger partial charge on any atom is -0.380 e. The zero-order valence-electron chi connectivity index (χ0n) is 11.6. The SMILES string of the molecule is O[C@](Cc1ccccn1)(c1ccccc1)c1ccncc1. The highest BCUT2D eigenvalue weighted by Crippen LogP contribution is 2.32. The highest BCUT2D eigenvalue weighted by molar-refractivity contribution is 5.36. The lowest BCUT2D eigenvalue weighted by Crippen LogP contribution is -2.30. The van der Waals surface area contributed by atoms with Crippen LogP contribution >= 0.6 is 0 Å². The molecular formula is C18H16N2O. The topological polar surface area (TPSA) is 46.0 Å². The Kier molecular flexibility index (Phi) is 3.75. The van der Waals surface area contributed by atoms with Crippen molar-refractivity contribution in [1.82, 2.24) is 9.97 Å². The lowest BCUT2D eigenvalue weighted by atomic mass is 9.83. The maximum absolute atomic E-state index is 11.3. The molecule has 104 valence electrons. The molecule has 0 aliphatic carbocycles. The molecule has 0 fully saturated rings. The molecule has 1 N–H and O–H groups in total. The van der Waals surface area contributed by atoms with Gasteiger partial charge in [0.2, 0.25) is 0 Å². The van der Waals surface area contributed by atoms with Gasteiger partial charge in [0.05, 0.1) is 0 Å². The summed E-state index contributed by atoms with van der Waals surface area (Å²) in [5, 5.41) is 11.3. The maximum Gasteiger partial charge on any atom is 0.120 e. The van der Waals surface area contributed by atoms with Crippen molar-refractivity contribution in [2.24, 2.45) is 0 Å². The first-order valence-electron chi connectivity index (χ1n) is 6.87. The first kappa shape index (κ1) is 13.5. The molecule has 0 saturated carbocycles. The molecule has 0 unspecified atom stereocenters. The van der Waals surface area contributed by atoms with E-state index in [9.17, 15) is 5.11 Å². The summed E-state index contributed by atoms with van der Waals surface area (Å²) in [5.74, 6) is 0. The zero-order valence-corrected chi connectivity index (χ0v) is 11.6. The zero-order chi connectivity index (χ0) is 14.5. The molecule has 2 aromatic heterocycles. The van der Waals surface area contributed by atoms with Gasteiger partial charge in [-0.15, -0.1) is 0 Å². The van der Waals surface area contributed by atoms with Crippen molar-refractivity contribution < 1.29 is 5.11 Å². The van der Waals surface area contributed by atoms with Crippen LogP contribution < -0.4 is 0 Å². The van der Waals surface area contributed by atoms with Crippen LogP contribution in [-0.4, -0.2) is 15.1 Å². The lowest BCUT2D eigenvalue weighted by Gasteiger charge is -2.29. The lowest BCUT2D eigenvalue weighted by molar-refractivity contribution is 0.0800. The summed E-state index contributed by atoms with van der Waals surface area (Å²) >= 11 is 0. The highest BCUT2D eigenvalue weighted by atomic mass is 16.3. The Morgan fingerprint density at radius 1 is 0.762 bits per heavy atom. The van der Waals surface area contributed by atoms with Gasteiger partial charge >= 0.3 is 0 Å². The summed E-state index contributed by atoms with van der Waals surface area (Å²) in [6.45, 7) is 0. The molecule has 0 bridgehead atoms. The third kappa shape index (κ3) is 2.83. The second-order valence-electron chi connectivity index (χ2n) is 4.96. The Labute approximate surface area is 124 Å². The largest absolute Gasteiger partial charge is 0.380 e. The average Bonchev–Trinajstić information content (AvgIpc) is 2.57. The van der Waals surface area contributed by atoms with Crippen LogP contribution in [0.2, 0.25) is 0 Å². The summed E-state index contributed by atoms with van der Waals surface area (Å²) in [7, 11) is 0. The van der Waals surface area contributed by atoms with Crippen LogP contribution in [0.5, 0.6) is 0 Å². The Hall–Kier alpha value is -2.52. The molecule has 0 spiro atoms. The van der Waals surface area contributed by atoms with Crippen LogP contribution in [0.3, 0.4) is 0 Å². The molecule has 21 heavy (non-hydrogen) atoms. The van der Waals surface area contributed by atoms with Gasteiger partial charge in [0.1, 0.15) is 5.60 Å². The van der Waals surface area contributed by atoms with Crippen molar-refractivity contribution in [2.75, 3.05) is 0 Å². The summed E-state index contributed by atoms with van der Waals surface area (Å²) < 4.78 is 0.